The minimum Gasteiger partial charge on any atom is -0.341 e. The number of nitrogens with one attached hydrogen (secondary N) is 1. The van der Waals surface area contributed by atoms with E-state index < -0.39 is 0 Å². The first-order valence-electron chi connectivity index (χ1n) is 9.41. The second-order valence-electron chi connectivity index (χ2n) is 7.39. The molecule has 1 aromatic carbocycles. The molecule has 0 radical (unpaired) electrons. The molecule has 2 unspecified atom stereocenters. The number of carbonyl (C=O) groups is 2. The summed E-state index contributed by atoms with van der Waals surface area (Å²) >= 11 is 5.93. The molecule has 3 heterocycles. The van der Waals surface area contributed by atoms with Crippen molar-refractivity contribution < 1.29 is 9.59 Å². The van der Waals surface area contributed by atoms with Crippen molar-refractivity contribution in [1.82, 2.24) is 15.1 Å². The van der Waals surface area contributed by atoms with Crippen molar-refractivity contribution in [2.45, 2.75) is 18.9 Å². The maximum absolute atomic E-state index is 12.9. The number of amides is 2. The molecular formula is C19H25ClN4O2. The molecule has 6 nitrogen and oxygen atoms in total. The van der Waals surface area contributed by atoms with E-state index in [1.54, 1.807) is 17.0 Å². The molecule has 3 aliphatic heterocycles. The molecular weight excluding hydrogens is 352 g/mol. The Balaban J connectivity index is 1.36. The van der Waals surface area contributed by atoms with Crippen LogP contribution in [0.4, 0.5) is 5.69 Å². The highest BCUT2D eigenvalue weighted by atomic mass is 35.5. The van der Waals surface area contributed by atoms with Crippen LogP contribution in [0.3, 0.4) is 0 Å². The lowest BCUT2D eigenvalue weighted by Gasteiger charge is -2.32. The van der Waals surface area contributed by atoms with E-state index in [-0.39, 0.29) is 17.7 Å². The van der Waals surface area contributed by atoms with Crippen LogP contribution in [-0.2, 0) is 9.59 Å². The van der Waals surface area contributed by atoms with Crippen molar-refractivity contribution in [3.8, 4) is 0 Å². The van der Waals surface area contributed by atoms with Crippen molar-refractivity contribution in [3.63, 3.8) is 0 Å². The van der Waals surface area contributed by atoms with Gasteiger partial charge in [-0.2, -0.15) is 0 Å². The number of halogens is 1. The predicted octanol–water partition coefficient (Wildman–Crippen LogP) is 1.20. The molecule has 26 heavy (non-hydrogen) atoms. The number of piperazine rings is 1. The number of anilines is 1. The van der Waals surface area contributed by atoms with Gasteiger partial charge in [0.25, 0.3) is 0 Å². The summed E-state index contributed by atoms with van der Waals surface area (Å²) in [5.41, 5.74) is 0.815. The summed E-state index contributed by atoms with van der Waals surface area (Å²) in [6.45, 7) is 6.23. The van der Waals surface area contributed by atoms with Gasteiger partial charge in [0.2, 0.25) is 11.8 Å². The number of carbonyl (C=O) groups excluding carboxylic acids is 2. The van der Waals surface area contributed by atoms with Crippen LogP contribution in [0.15, 0.2) is 24.3 Å². The Morgan fingerprint density at radius 3 is 2.54 bits per heavy atom. The average Bonchev–Trinajstić information content (AvgIpc) is 3.30. The zero-order chi connectivity index (χ0) is 18.1. The summed E-state index contributed by atoms with van der Waals surface area (Å²) in [7, 11) is 0. The van der Waals surface area contributed by atoms with E-state index in [4.69, 9.17) is 11.6 Å². The largest absolute Gasteiger partial charge is 0.341 e. The lowest BCUT2D eigenvalue weighted by atomic mass is 10.1. The first-order chi connectivity index (χ1) is 12.6. The number of nitrogens with zero attached hydrogens (tertiary/aromatic N) is 3. The second kappa shape index (κ2) is 7.55. The first kappa shape index (κ1) is 17.8. The van der Waals surface area contributed by atoms with Crippen molar-refractivity contribution in [2.24, 2.45) is 5.92 Å². The highest BCUT2D eigenvalue weighted by Gasteiger charge is 2.40. The number of rotatable bonds is 3. The van der Waals surface area contributed by atoms with Crippen molar-refractivity contribution >= 4 is 29.1 Å². The number of benzene rings is 1. The Bertz CT molecular complexity index is 675. The predicted molar refractivity (Wildman–Crippen MR) is 101 cm³/mol. The molecule has 0 bridgehead atoms. The van der Waals surface area contributed by atoms with E-state index in [1.165, 1.54) is 0 Å². The lowest BCUT2D eigenvalue weighted by molar-refractivity contribution is -0.135. The normalized spacial score (nSPS) is 27.3. The van der Waals surface area contributed by atoms with E-state index in [0.717, 1.165) is 51.4 Å². The smallest absolute Gasteiger partial charge is 0.228 e. The van der Waals surface area contributed by atoms with Crippen LogP contribution >= 0.6 is 11.6 Å². The molecule has 0 aliphatic carbocycles. The highest BCUT2D eigenvalue weighted by molar-refractivity contribution is 6.30. The van der Waals surface area contributed by atoms with Gasteiger partial charge in [0.05, 0.1) is 5.92 Å². The van der Waals surface area contributed by atoms with Gasteiger partial charge < -0.3 is 15.1 Å². The van der Waals surface area contributed by atoms with Crippen LogP contribution in [0.25, 0.3) is 0 Å². The quantitative estimate of drug-likeness (QED) is 0.861. The van der Waals surface area contributed by atoms with E-state index in [0.29, 0.717) is 24.0 Å². The molecule has 2 amide bonds. The maximum atomic E-state index is 12.9. The van der Waals surface area contributed by atoms with Crippen LogP contribution < -0.4 is 10.2 Å². The SMILES string of the molecule is O=C(C1CC(=O)N(c2ccc(Cl)cc2)C1)N1CCC(N2CCNCC2)C1. The molecule has 3 saturated heterocycles. The van der Waals surface area contributed by atoms with Crippen molar-refractivity contribution in [2.75, 3.05) is 50.7 Å². The summed E-state index contributed by atoms with van der Waals surface area (Å²) in [6.07, 6.45) is 1.34. The molecule has 3 aliphatic rings. The highest BCUT2D eigenvalue weighted by Crippen LogP contribution is 2.28. The van der Waals surface area contributed by atoms with Crippen LogP contribution in [0.5, 0.6) is 0 Å². The average molecular weight is 377 g/mol. The van der Waals surface area contributed by atoms with Gasteiger partial charge >= 0.3 is 0 Å². The fourth-order valence-electron chi connectivity index (χ4n) is 4.29. The minimum atomic E-state index is -0.236. The minimum absolute atomic E-state index is 0.0172. The van der Waals surface area contributed by atoms with E-state index in [9.17, 15) is 9.59 Å². The first-order valence-corrected chi connectivity index (χ1v) is 9.79. The van der Waals surface area contributed by atoms with Gasteiger partial charge in [-0.1, -0.05) is 11.6 Å². The number of hydrogen-bond donors (Lipinski definition) is 1. The molecule has 1 N–H and O–H groups in total. The Hall–Kier alpha value is -1.63. The zero-order valence-electron chi connectivity index (χ0n) is 14.9. The van der Waals surface area contributed by atoms with E-state index >= 15 is 0 Å². The van der Waals surface area contributed by atoms with E-state index in [2.05, 4.69) is 10.2 Å². The second-order valence-corrected chi connectivity index (χ2v) is 7.83. The Morgan fingerprint density at radius 1 is 1.08 bits per heavy atom. The maximum Gasteiger partial charge on any atom is 0.228 e. The van der Waals surface area contributed by atoms with Gasteiger partial charge in [0.1, 0.15) is 0 Å². The van der Waals surface area contributed by atoms with Gasteiger partial charge in [0, 0.05) is 69.0 Å². The molecule has 4 rings (SSSR count). The van der Waals surface area contributed by atoms with Crippen LogP contribution in [0, 0.1) is 5.92 Å². The molecule has 3 fully saturated rings. The number of likely N-dealkylation sites (tertiary alicyclic amines) is 1. The summed E-state index contributed by atoms with van der Waals surface area (Å²) in [5.74, 6) is -0.0871. The van der Waals surface area contributed by atoms with Gasteiger partial charge in [-0.15, -0.1) is 0 Å². The van der Waals surface area contributed by atoms with Crippen LogP contribution in [0.1, 0.15) is 12.8 Å². The monoisotopic (exact) mass is 376 g/mol. The fourth-order valence-corrected chi connectivity index (χ4v) is 4.42. The summed E-state index contributed by atoms with van der Waals surface area (Å²) in [4.78, 5) is 31.5. The Morgan fingerprint density at radius 2 is 1.81 bits per heavy atom. The van der Waals surface area contributed by atoms with Gasteiger partial charge in [-0.25, -0.2) is 0 Å². The molecule has 1 aromatic rings. The lowest BCUT2D eigenvalue weighted by Crippen LogP contribution is -2.49. The third kappa shape index (κ3) is 3.59. The van der Waals surface area contributed by atoms with Gasteiger partial charge in [-0.05, 0) is 30.7 Å². The van der Waals surface area contributed by atoms with Crippen molar-refractivity contribution in [1.29, 1.82) is 0 Å². The third-order valence-corrected chi connectivity index (χ3v) is 6.01. The molecule has 140 valence electrons. The Labute approximate surface area is 159 Å². The van der Waals surface area contributed by atoms with Gasteiger partial charge in [-0.3, -0.25) is 14.5 Å². The van der Waals surface area contributed by atoms with Crippen LogP contribution in [-0.4, -0.2) is 73.5 Å². The Kier molecular flexibility index (Phi) is 5.16. The van der Waals surface area contributed by atoms with Crippen LogP contribution in [0.2, 0.25) is 5.02 Å². The third-order valence-electron chi connectivity index (χ3n) is 5.76. The topological polar surface area (TPSA) is 55.9 Å². The van der Waals surface area contributed by atoms with E-state index in [1.807, 2.05) is 17.0 Å². The molecule has 0 spiro atoms. The summed E-state index contributed by atoms with van der Waals surface area (Å²) in [5, 5.41) is 4.01. The molecule has 2 atom stereocenters. The fraction of sp³-hybridized carbons (Fsp3) is 0.579. The molecule has 0 aromatic heterocycles. The van der Waals surface area contributed by atoms with Crippen molar-refractivity contribution in [3.05, 3.63) is 29.3 Å². The number of hydrogen-bond acceptors (Lipinski definition) is 4. The standard InChI is InChI=1S/C19H25ClN4O2/c20-15-1-3-16(4-2-15)24-12-14(11-18(24)25)19(26)23-8-5-17(13-23)22-9-6-21-7-10-22/h1-4,14,17,21H,5-13H2. The summed E-state index contributed by atoms with van der Waals surface area (Å²) in [6, 6.07) is 7.69. The molecule has 0 saturated carbocycles. The molecule has 7 heteroatoms. The zero-order valence-corrected chi connectivity index (χ0v) is 15.6. The summed E-state index contributed by atoms with van der Waals surface area (Å²) < 4.78 is 0. The van der Waals surface area contributed by atoms with Gasteiger partial charge in [0.15, 0.2) is 0 Å².